The maximum absolute atomic E-state index is 5.88. The van der Waals surface area contributed by atoms with Gasteiger partial charge >= 0.3 is 0 Å². The minimum Gasteiger partial charge on any atom is -0.397 e. The SMILES string of the molecule is Nc1cncc(-c2ccc3[nH]nc(-c4nc5c(-c6cccs6)cccc5[nH]4)c3n2)c1. The summed E-state index contributed by atoms with van der Waals surface area (Å²) in [5.41, 5.74) is 13.4. The predicted octanol–water partition coefficient (Wildman–Crippen LogP) is 4.87. The summed E-state index contributed by atoms with van der Waals surface area (Å²) < 4.78 is 0. The highest BCUT2D eigenvalue weighted by molar-refractivity contribution is 7.13. The van der Waals surface area contributed by atoms with Crippen LogP contribution in [0, 0.1) is 0 Å². The number of aromatic amines is 2. The third-order valence-corrected chi connectivity index (χ3v) is 5.89. The molecule has 0 fully saturated rings. The number of fused-ring (bicyclic) bond motifs is 2. The number of imidazole rings is 1. The Morgan fingerprint density at radius 1 is 0.900 bits per heavy atom. The van der Waals surface area contributed by atoms with Gasteiger partial charge in [-0.15, -0.1) is 11.3 Å². The lowest BCUT2D eigenvalue weighted by molar-refractivity contribution is 1.10. The van der Waals surface area contributed by atoms with E-state index in [-0.39, 0.29) is 0 Å². The average molecular weight is 409 g/mol. The summed E-state index contributed by atoms with van der Waals surface area (Å²) in [6.07, 6.45) is 3.36. The average Bonchev–Trinajstić information content (AvgIpc) is 3.51. The monoisotopic (exact) mass is 409 g/mol. The molecule has 4 N–H and O–H groups in total. The van der Waals surface area contributed by atoms with Gasteiger partial charge in [-0.05, 0) is 35.7 Å². The zero-order valence-electron chi connectivity index (χ0n) is 15.6. The number of anilines is 1. The smallest absolute Gasteiger partial charge is 0.161 e. The summed E-state index contributed by atoms with van der Waals surface area (Å²) in [4.78, 5) is 18.4. The summed E-state index contributed by atoms with van der Waals surface area (Å²) in [7, 11) is 0. The fourth-order valence-corrected chi connectivity index (χ4v) is 4.35. The molecule has 8 heteroatoms. The number of pyridine rings is 2. The summed E-state index contributed by atoms with van der Waals surface area (Å²) in [5.74, 6) is 0.676. The Balaban J connectivity index is 1.52. The molecule has 1 aromatic carbocycles. The molecule has 0 amide bonds. The first-order chi connectivity index (χ1) is 14.8. The molecular weight excluding hydrogens is 394 g/mol. The van der Waals surface area contributed by atoms with Crippen molar-refractivity contribution in [3.8, 4) is 33.2 Å². The van der Waals surface area contributed by atoms with Gasteiger partial charge in [-0.25, -0.2) is 9.97 Å². The van der Waals surface area contributed by atoms with Crippen LogP contribution in [0.1, 0.15) is 0 Å². The van der Waals surface area contributed by atoms with Gasteiger partial charge in [-0.3, -0.25) is 10.1 Å². The van der Waals surface area contributed by atoms with Gasteiger partial charge in [0.25, 0.3) is 0 Å². The number of aromatic nitrogens is 6. The highest BCUT2D eigenvalue weighted by Crippen LogP contribution is 2.33. The van der Waals surface area contributed by atoms with E-state index in [0.717, 1.165) is 38.9 Å². The van der Waals surface area contributed by atoms with E-state index in [4.69, 9.17) is 15.7 Å². The Morgan fingerprint density at radius 3 is 2.73 bits per heavy atom. The van der Waals surface area contributed by atoms with Gasteiger partial charge < -0.3 is 10.7 Å². The summed E-state index contributed by atoms with van der Waals surface area (Å²) in [5, 5.41) is 9.61. The molecule has 0 bridgehead atoms. The molecule has 30 heavy (non-hydrogen) atoms. The van der Waals surface area contributed by atoms with Crippen LogP contribution in [0.5, 0.6) is 0 Å². The molecule has 0 unspecified atom stereocenters. The fourth-order valence-electron chi connectivity index (χ4n) is 3.60. The fraction of sp³-hybridized carbons (Fsp3) is 0. The van der Waals surface area contributed by atoms with E-state index in [2.05, 4.69) is 37.7 Å². The van der Waals surface area contributed by atoms with E-state index < -0.39 is 0 Å². The molecule has 0 saturated heterocycles. The molecule has 0 aliphatic rings. The Labute approximate surface area is 174 Å². The zero-order valence-corrected chi connectivity index (χ0v) is 16.4. The highest BCUT2D eigenvalue weighted by Gasteiger charge is 2.17. The highest BCUT2D eigenvalue weighted by atomic mass is 32.1. The normalized spacial score (nSPS) is 11.5. The molecule has 144 valence electrons. The number of benzene rings is 1. The molecule has 0 radical (unpaired) electrons. The van der Waals surface area contributed by atoms with Crippen LogP contribution in [0.2, 0.25) is 0 Å². The Morgan fingerprint density at radius 2 is 1.87 bits per heavy atom. The molecule has 0 aliphatic carbocycles. The maximum Gasteiger partial charge on any atom is 0.161 e. The van der Waals surface area contributed by atoms with E-state index in [1.165, 1.54) is 4.88 Å². The number of hydrogen-bond donors (Lipinski definition) is 3. The van der Waals surface area contributed by atoms with E-state index in [9.17, 15) is 0 Å². The van der Waals surface area contributed by atoms with Crippen molar-refractivity contribution >= 4 is 39.1 Å². The Kier molecular flexibility index (Phi) is 3.65. The molecule has 5 aromatic heterocycles. The van der Waals surface area contributed by atoms with E-state index >= 15 is 0 Å². The first-order valence-electron chi connectivity index (χ1n) is 9.35. The molecule has 0 spiro atoms. The van der Waals surface area contributed by atoms with Crippen molar-refractivity contribution in [1.29, 1.82) is 0 Å². The van der Waals surface area contributed by atoms with E-state index in [0.29, 0.717) is 17.2 Å². The number of rotatable bonds is 3. The Hall–Kier alpha value is -4.04. The molecule has 5 heterocycles. The number of nitrogen functional groups attached to an aromatic ring is 1. The van der Waals surface area contributed by atoms with Crippen LogP contribution in [0.25, 0.3) is 55.3 Å². The second kappa shape index (κ2) is 6.50. The van der Waals surface area contributed by atoms with Gasteiger partial charge in [0.2, 0.25) is 0 Å². The first-order valence-corrected chi connectivity index (χ1v) is 10.2. The van der Waals surface area contributed by atoms with Gasteiger partial charge in [-0.2, -0.15) is 5.10 Å². The van der Waals surface area contributed by atoms with Crippen LogP contribution in [-0.4, -0.2) is 30.1 Å². The third-order valence-electron chi connectivity index (χ3n) is 4.99. The van der Waals surface area contributed by atoms with Crippen molar-refractivity contribution in [2.45, 2.75) is 0 Å². The number of H-pyrrole nitrogens is 2. The standard InChI is InChI=1S/C22H15N7S/c23-13-9-12(10-24-11-13)15-6-7-17-20(25-15)21(29-28-17)22-26-16-4-1-3-14(19(16)27-22)18-5-2-8-30-18/h1-11H,23H2,(H,26,27)(H,28,29). The topological polar surface area (TPSA) is 109 Å². The summed E-state index contributed by atoms with van der Waals surface area (Å²) >= 11 is 1.70. The number of nitrogens with one attached hydrogen (secondary N) is 2. The van der Waals surface area contributed by atoms with Crippen molar-refractivity contribution in [3.63, 3.8) is 0 Å². The predicted molar refractivity (Wildman–Crippen MR) is 120 cm³/mol. The molecule has 6 rings (SSSR count). The van der Waals surface area contributed by atoms with Gasteiger partial charge in [0.05, 0.1) is 27.9 Å². The summed E-state index contributed by atoms with van der Waals surface area (Å²) in [6.45, 7) is 0. The second-order valence-corrected chi connectivity index (χ2v) is 7.88. The molecule has 0 saturated carbocycles. The zero-order chi connectivity index (χ0) is 20.1. The van der Waals surface area contributed by atoms with Gasteiger partial charge in [-0.1, -0.05) is 18.2 Å². The first kappa shape index (κ1) is 16.9. The van der Waals surface area contributed by atoms with Crippen LogP contribution < -0.4 is 5.73 Å². The molecule has 7 nitrogen and oxygen atoms in total. The van der Waals surface area contributed by atoms with Gasteiger partial charge in [0.15, 0.2) is 11.5 Å². The largest absolute Gasteiger partial charge is 0.397 e. The minimum absolute atomic E-state index is 0.597. The minimum atomic E-state index is 0.597. The van der Waals surface area contributed by atoms with Crippen LogP contribution >= 0.6 is 11.3 Å². The number of nitrogens with zero attached hydrogens (tertiary/aromatic N) is 4. The lowest BCUT2D eigenvalue weighted by atomic mass is 10.1. The molecule has 6 aromatic rings. The second-order valence-electron chi connectivity index (χ2n) is 6.94. The lowest BCUT2D eigenvalue weighted by Gasteiger charge is -2.02. The van der Waals surface area contributed by atoms with Gasteiger partial charge in [0, 0.05) is 28.4 Å². The van der Waals surface area contributed by atoms with Gasteiger partial charge in [0.1, 0.15) is 5.52 Å². The van der Waals surface area contributed by atoms with E-state index in [1.54, 1.807) is 23.7 Å². The van der Waals surface area contributed by atoms with Crippen LogP contribution in [0.15, 0.2) is 66.3 Å². The van der Waals surface area contributed by atoms with Crippen LogP contribution in [0.3, 0.4) is 0 Å². The molecule has 0 aliphatic heterocycles. The Bertz CT molecular complexity index is 1510. The maximum atomic E-state index is 5.88. The molecular formula is C22H15N7S. The third kappa shape index (κ3) is 2.66. The van der Waals surface area contributed by atoms with Crippen molar-refractivity contribution in [2.75, 3.05) is 5.73 Å². The quantitative estimate of drug-likeness (QED) is 0.386. The number of thiophene rings is 1. The van der Waals surface area contributed by atoms with Crippen molar-refractivity contribution < 1.29 is 0 Å². The van der Waals surface area contributed by atoms with Crippen molar-refractivity contribution in [1.82, 2.24) is 30.1 Å². The number of nitrogens with two attached hydrogens (primary N) is 1. The van der Waals surface area contributed by atoms with Crippen molar-refractivity contribution in [2.24, 2.45) is 0 Å². The lowest BCUT2D eigenvalue weighted by Crippen LogP contribution is -1.90. The van der Waals surface area contributed by atoms with Crippen LogP contribution in [0.4, 0.5) is 5.69 Å². The van der Waals surface area contributed by atoms with Crippen LogP contribution in [-0.2, 0) is 0 Å². The number of hydrogen-bond acceptors (Lipinski definition) is 6. The molecule has 0 atom stereocenters. The van der Waals surface area contributed by atoms with Crippen molar-refractivity contribution in [3.05, 3.63) is 66.3 Å². The summed E-state index contributed by atoms with van der Waals surface area (Å²) in [6, 6.07) is 16.0. The number of para-hydroxylation sites is 1. The van der Waals surface area contributed by atoms with E-state index in [1.807, 2.05) is 36.4 Å².